The molecule has 76 valence electrons. The van der Waals surface area contributed by atoms with Crippen molar-refractivity contribution in [1.29, 1.82) is 0 Å². The van der Waals surface area contributed by atoms with E-state index in [9.17, 15) is 9.90 Å². The predicted molar refractivity (Wildman–Crippen MR) is 54.3 cm³/mol. The highest BCUT2D eigenvalue weighted by molar-refractivity contribution is 7.07. The van der Waals surface area contributed by atoms with E-state index in [0.29, 0.717) is 19.6 Å². The molecule has 1 aromatic rings. The molecule has 14 heavy (non-hydrogen) atoms. The Labute approximate surface area is 86.2 Å². The van der Waals surface area contributed by atoms with Gasteiger partial charge in [-0.25, -0.2) is 4.79 Å². The fraction of sp³-hybridized carbons (Fsp3) is 0.444. The minimum absolute atomic E-state index is 0.0840. The van der Waals surface area contributed by atoms with Gasteiger partial charge in [0.2, 0.25) is 0 Å². The fourth-order valence-corrected chi connectivity index (χ4v) is 2.17. The van der Waals surface area contributed by atoms with Crippen molar-refractivity contribution < 1.29 is 9.90 Å². The third-order valence-corrected chi connectivity index (χ3v) is 2.97. The maximum absolute atomic E-state index is 11.2. The Balaban J connectivity index is 1.94. The minimum atomic E-state index is -0.565. The molecule has 1 saturated heterocycles. The number of carbonyl (C=O) groups excluding carboxylic acids is 1. The summed E-state index contributed by atoms with van der Waals surface area (Å²) >= 11 is 1.55. The van der Waals surface area contributed by atoms with Gasteiger partial charge in [0.15, 0.2) is 0 Å². The van der Waals surface area contributed by atoms with Crippen molar-refractivity contribution in [3.63, 3.8) is 0 Å². The highest BCUT2D eigenvalue weighted by Crippen LogP contribution is 2.17. The third-order valence-electron chi connectivity index (χ3n) is 2.27. The largest absolute Gasteiger partial charge is 0.387 e. The van der Waals surface area contributed by atoms with Crippen molar-refractivity contribution in [2.45, 2.75) is 6.10 Å². The van der Waals surface area contributed by atoms with Crippen molar-refractivity contribution >= 4 is 17.4 Å². The van der Waals surface area contributed by atoms with E-state index < -0.39 is 6.10 Å². The molecule has 2 heterocycles. The Hall–Kier alpha value is -1.07. The van der Waals surface area contributed by atoms with Gasteiger partial charge in [-0.3, -0.25) is 0 Å². The zero-order chi connectivity index (χ0) is 9.97. The number of nitrogens with one attached hydrogen (secondary N) is 1. The van der Waals surface area contributed by atoms with E-state index in [1.54, 1.807) is 16.2 Å². The second-order valence-corrected chi connectivity index (χ2v) is 4.03. The molecule has 1 aliphatic rings. The number of aliphatic hydroxyl groups is 1. The minimum Gasteiger partial charge on any atom is -0.387 e. The van der Waals surface area contributed by atoms with Gasteiger partial charge in [-0.15, -0.1) is 0 Å². The van der Waals surface area contributed by atoms with Crippen LogP contribution < -0.4 is 5.32 Å². The summed E-state index contributed by atoms with van der Waals surface area (Å²) in [6.07, 6.45) is -0.565. The molecule has 2 amide bonds. The highest BCUT2D eigenvalue weighted by Gasteiger charge is 2.22. The zero-order valence-electron chi connectivity index (χ0n) is 7.64. The van der Waals surface area contributed by atoms with E-state index in [1.807, 2.05) is 16.8 Å². The summed E-state index contributed by atoms with van der Waals surface area (Å²) in [4.78, 5) is 12.8. The molecule has 1 aromatic heterocycles. The van der Waals surface area contributed by atoms with Crippen LogP contribution in [0.1, 0.15) is 11.7 Å². The molecule has 0 radical (unpaired) electrons. The van der Waals surface area contributed by atoms with E-state index in [0.717, 1.165) is 5.56 Å². The van der Waals surface area contributed by atoms with E-state index in [4.69, 9.17) is 0 Å². The molecule has 1 aliphatic heterocycles. The SMILES string of the molecule is O=C1NCCN1CC(O)c1ccsc1. The molecule has 1 unspecified atom stereocenters. The lowest BCUT2D eigenvalue weighted by molar-refractivity contribution is 0.133. The summed E-state index contributed by atoms with van der Waals surface area (Å²) < 4.78 is 0. The summed E-state index contributed by atoms with van der Waals surface area (Å²) in [6.45, 7) is 1.73. The van der Waals surface area contributed by atoms with Crippen LogP contribution in [-0.4, -0.2) is 35.7 Å². The maximum Gasteiger partial charge on any atom is 0.317 e. The second-order valence-electron chi connectivity index (χ2n) is 3.25. The van der Waals surface area contributed by atoms with Crippen molar-refractivity contribution in [3.05, 3.63) is 22.4 Å². The number of nitrogens with zero attached hydrogens (tertiary/aromatic N) is 1. The molecule has 4 nitrogen and oxygen atoms in total. The van der Waals surface area contributed by atoms with Crippen molar-refractivity contribution in [3.8, 4) is 0 Å². The first-order valence-corrected chi connectivity index (χ1v) is 5.44. The number of hydrogen-bond donors (Lipinski definition) is 2. The average molecular weight is 212 g/mol. The molecule has 5 heteroatoms. The number of carbonyl (C=O) groups is 1. The Morgan fingerprint density at radius 2 is 2.57 bits per heavy atom. The van der Waals surface area contributed by atoms with Crippen LogP contribution in [0.4, 0.5) is 4.79 Å². The van der Waals surface area contributed by atoms with Gasteiger partial charge in [-0.1, -0.05) is 0 Å². The van der Waals surface area contributed by atoms with E-state index in [1.165, 1.54) is 0 Å². The first-order chi connectivity index (χ1) is 6.77. The molecule has 0 aliphatic carbocycles. The van der Waals surface area contributed by atoms with Crippen molar-refractivity contribution in [1.82, 2.24) is 10.2 Å². The van der Waals surface area contributed by atoms with Crippen LogP contribution in [0.5, 0.6) is 0 Å². The summed E-state index contributed by atoms with van der Waals surface area (Å²) in [5, 5.41) is 16.3. The lowest BCUT2D eigenvalue weighted by Crippen LogP contribution is -2.31. The number of hydrogen-bond acceptors (Lipinski definition) is 3. The van der Waals surface area contributed by atoms with Gasteiger partial charge in [0.25, 0.3) is 0 Å². The Morgan fingerprint density at radius 3 is 3.14 bits per heavy atom. The molecular formula is C9H12N2O2S. The quantitative estimate of drug-likeness (QED) is 0.779. The Bertz CT molecular complexity index is 313. The van der Waals surface area contributed by atoms with Gasteiger partial charge in [0.05, 0.1) is 12.6 Å². The summed E-state index contributed by atoms with van der Waals surface area (Å²) in [5.41, 5.74) is 0.884. The molecule has 1 atom stereocenters. The Kier molecular flexibility index (Phi) is 2.69. The molecule has 1 fully saturated rings. The van der Waals surface area contributed by atoms with Crippen molar-refractivity contribution in [2.24, 2.45) is 0 Å². The average Bonchev–Trinajstić information content (AvgIpc) is 2.77. The topological polar surface area (TPSA) is 52.6 Å². The second kappa shape index (κ2) is 3.98. The number of rotatable bonds is 3. The number of β-amino-alcohol motifs (C(OH)–C–C–N with tert-alkyl or cyclic N) is 1. The molecular weight excluding hydrogens is 200 g/mol. The number of urea groups is 1. The van der Waals surface area contributed by atoms with Gasteiger partial charge < -0.3 is 15.3 Å². The summed E-state index contributed by atoms with van der Waals surface area (Å²) in [6, 6.07) is 1.79. The molecule has 0 saturated carbocycles. The van der Waals surface area contributed by atoms with Gasteiger partial charge in [-0.05, 0) is 22.4 Å². The molecule has 0 spiro atoms. The number of aliphatic hydroxyl groups excluding tert-OH is 1. The molecule has 0 aromatic carbocycles. The molecule has 0 bridgehead atoms. The fourth-order valence-electron chi connectivity index (χ4n) is 1.46. The first kappa shape index (κ1) is 9.48. The monoisotopic (exact) mass is 212 g/mol. The van der Waals surface area contributed by atoms with E-state index >= 15 is 0 Å². The smallest absolute Gasteiger partial charge is 0.317 e. The standard InChI is InChI=1S/C9H12N2O2S/c12-8(7-1-4-14-6-7)5-11-3-2-10-9(11)13/h1,4,6,8,12H,2-3,5H2,(H,10,13). The van der Waals surface area contributed by atoms with Gasteiger partial charge >= 0.3 is 6.03 Å². The predicted octanol–water partition coefficient (Wildman–Crippen LogP) is 0.807. The number of amides is 2. The van der Waals surface area contributed by atoms with Crippen LogP contribution >= 0.6 is 11.3 Å². The van der Waals surface area contributed by atoms with Crippen LogP contribution in [0.3, 0.4) is 0 Å². The lowest BCUT2D eigenvalue weighted by Gasteiger charge is -2.17. The third kappa shape index (κ3) is 1.88. The van der Waals surface area contributed by atoms with Gasteiger partial charge in [0, 0.05) is 13.1 Å². The molecule has 2 N–H and O–H groups in total. The summed E-state index contributed by atoms with van der Waals surface area (Å²) in [7, 11) is 0. The maximum atomic E-state index is 11.2. The van der Waals surface area contributed by atoms with E-state index in [-0.39, 0.29) is 6.03 Å². The summed E-state index contributed by atoms with van der Waals surface area (Å²) in [5.74, 6) is 0. The number of thiophene rings is 1. The zero-order valence-corrected chi connectivity index (χ0v) is 8.46. The first-order valence-electron chi connectivity index (χ1n) is 4.50. The van der Waals surface area contributed by atoms with Crippen molar-refractivity contribution in [2.75, 3.05) is 19.6 Å². The van der Waals surface area contributed by atoms with Crippen LogP contribution in [0, 0.1) is 0 Å². The van der Waals surface area contributed by atoms with Gasteiger partial charge in [0.1, 0.15) is 0 Å². The molecule has 2 rings (SSSR count). The lowest BCUT2D eigenvalue weighted by atomic mass is 10.2. The van der Waals surface area contributed by atoms with Crippen LogP contribution in [0.2, 0.25) is 0 Å². The van der Waals surface area contributed by atoms with Gasteiger partial charge in [-0.2, -0.15) is 11.3 Å². The van der Waals surface area contributed by atoms with Crippen LogP contribution in [0.25, 0.3) is 0 Å². The van der Waals surface area contributed by atoms with Crippen LogP contribution in [-0.2, 0) is 0 Å². The highest BCUT2D eigenvalue weighted by atomic mass is 32.1. The van der Waals surface area contributed by atoms with E-state index in [2.05, 4.69) is 5.32 Å². The Morgan fingerprint density at radius 1 is 1.71 bits per heavy atom. The normalized spacial score (nSPS) is 18.4. The van der Waals surface area contributed by atoms with Crippen LogP contribution in [0.15, 0.2) is 16.8 Å².